The molecule has 0 heterocycles. The third kappa shape index (κ3) is 3.14. The predicted molar refractivity (Wildman–Crippen MR) is 84.1 cm³/mol. The zero-order chi connectivity index (χ0) is 14.7. The van der Waals surface area contributed by atoms with Crippen LogP contribution in [0.1, 0.15) is 33.5 Å². The van der Waals surface area contributed by atoms with Crippen molar-refractivity contribution >= 4 is 5.91 Å². The predicted octanol–water partition coefficient (Wildman–Crippen LogP) is 2.43. The fourth-order valence-electron chi connectivity index (χ4n) is 2.93. The van der Waals surface area contributed by atoms with Gasteiger partial charge >= 0.3 is 0 Å². The molecule has 0 radical (unpaired) electrons. The maximum atomic E-state index is 12.3. The van der Waals surface area contributed by atoms with Gasteiger partial charge in [-0.1, -0.05) is 36.4 Å². The lowest BCUT2D eigenvalue weighted by Gasteiger charge is -2.25. The molecule has 3 rings (SSSR count). The number of benzene rings is 2. The molecule has 3 N–H and O–H groups in total. The number of hydrogen-bond acceptors (Lipinski definition) is 2. The van der Waals surface area contributed by atoms with Crippen LogP contribution in [0, 0.1) is 0 Å². The van der Waals surface area contributed by atoms with Crippen LogP contribution in [0.3, 0.4) is 0 Å². The highest BCUT2D eigenvalue weighted by Gasteiger charge is 2.20. The zero-order valence-electron chi connectivity index (χ0n) is 12.0. The van der Waals surface area contributed by atoms with E-state index in [-0.39, 0.29) is 11.9 Å². The van der Waals surface area contributed by atoms with Crippen LogP contribution in [0.5, 0.6) is 0 Å². The number of rotatable bonds is 3. The Morgan fingerprint density at radius 3 is 2.76 bits per heavy atom. The van der Waals surface area contributed by atoms with Gasteiger partial charge < -0.3 is 11.1 Å². The molecule has 0 saturated carbocycles. The zero-order valence-corrected chi connectivity index (χ0v) is 12.0. The lowest BCUT2D eigenvalue weighted by Crippen LogP contribution is -2.38. The fourth-order valence-corrected chi connectivity index (χ4v) is 2.93. The van der Waals surface area contributed by atoms with Crippen LogP contribution >= 0.6 is 0 Å². The van der Waals surface area contributed by atoms with Crippen molar-refractivity contribution in [3.05, 3.63) is 70.8 Å². The number of fused-ring (bicyclic) bond motifs is 1. The molecule has 0 aliphatic heterocycles. The van der Waals surface area contributed by atoms with Crippen molar-refractivity contribution in [3.8, 4) is 0 Å². The van der Waals surface area contributed by atoms with Crippen molar-refractivity contribution in [3.63, 3.8) is 0 Å². The van der Waals surface area contributed by atoms with Gasteiger partial charge in [0.05, 0.1) is 0 Å². The molecular weight excluding hydrogens is 260 g/mol. The number of carbonyl (C=O) groups excluding carboxylic acids is 1. The minimum atomic E-state index is -0.00492. The summed E-state index contributed by atoms with van der Waals surface area (Å²) in [4.78, 5) is 12.3. The lowest BCUT2D eigenvalue weighted by molar-refractivity contribution is 0.0933. The number of nitrogens with one attached hydrogen (secondary N) is 1. The van der Waals surface area contributed by atoms with Gasteiger partial charge in [0.15, 0.2) is 0 Å². The first-order chi connectivity index (χ1) is 10.3. The van der Waals surface area contributed by atoms with E-state index in [0.29, 0.717) is 12.1 Å². The molecular formula is C18H20N2O. The third-order valence-corrected chi connectivity index (χ3v) is 4.11. The average molecular weight is 280 g/mol. The van der Waals surface area contributed by atoms with E-state index in [4.69, 9.17) is 5.73 Å². The standard InChI is InChI=1S/C18H20N2O/c19-12-13-4-3-7-16(10-13)18(21)20-17-9-8-14-5-1-2-6-15(14)11-17/h1-7,10,17H,8-9,11-12,19H2,(H,20,21). The summed E-state index contributed by atoms with van der Waals surface area (Å²) in [5.74, 6) is -0.00492. The molecule has 2 aromatic rings. The van der Waals surface area contributed by atoms with E-state index in [1.807, 2.05) is 24.3 Å². The van der Waals surface area contributed by atoms with Crippen molar-refractivity contribution < 1.29 is 4.79 Å². The van der Waals surface area contributed by atoms with Crippen LogP contribution in [-0.2, 0) is 19.4 Å². The van der Waals surface area contributed by atoms with Crippen LogP contribution in [0.25, 0.3) is 0 Å². The summed E-state index contributed by atoms with van der Waals surface area (Å²) >= 11 is 0. The van der Waals surface area contributed by atoms with E-state index in [1.165, 1.54) is 11.1 Å². The lowest BCUT2D eigenvalue weighted by atomic mass is 9.88. The molecule has 0 saturated heterocycles. The van der Waals surface area contributed by atoms with Gasteiger partial charge in [-0.2, -0.15) is 0 Å². The van der Waals surface area contributed by atoms with Gasteiger partial charge in [0.25, 0.3) is 5.91 Å². The molecule has 1 aliphatic carbocycles. The Hall–Kier alpha value is -2.13. The summed E-state index contributed by atoms with van der Waals surface area (Å²) in [6.07, 6.45) is 2.95. The van der Waals surface area contributed by atoms with Crippen LogP contribution in [0.4, 0.5) is 0 Å². The summed E-state index contributed by atoms with van der Waals surface area (Å²) in [7, 11) is 0. The maximum absolute atomic E-state index is 12.3. The Bertz CT molecular complexity index is 651. The Labute approximate surface area is 125 Å². The van der Waals surface area contributed by atoms with Gasteiger partial charge in [0, 0.05) is 18.2 Å². The molecule has 108 valence electrons. The topological polar surface area (TPSA) is 55.1 Å². The van der Waals surface area contributed by atoms with E-state index in [1.54, 1.807) is 0 Å². The summed E-state index contributed by atoms with van der Waals surface area (Å²) in [6, 6.07) is 16.2. The summed E-state index contributed by atoms with van der Waals surface area (Å²) in [5.41, 5.74) is 10.1. The number of carbonyl (C=O) groups is 1. The molecule has 3 nitrogen and oxygen atoms in total. The van der Waals surface area contributed by atoms with Crippen LogP contribution < -0.4 is 11.1 Å². The van der Waals surface area contributed by atoms with Crippen molar-refractivity contribution in [1.82, 2.24) is 5.32 Å². The van der Waals surface area contributed by atoms with E-state index < -0.39 is 0 Å². The van der Waals surface area contributed by atoms with Gasteiger partial charge in [-0.05, 0) is 48.1 Å². The smallest absolute Gasteiger partial charge is 0.251 e. The minimum Gasteiger partial charge on any atom is -0.349 e. The first kappa shape index (κ1) is 13.8. The molecule has 0 bridgehead atoms. The van der Waals surface area contributed by atoms with Gasteiger partial charge in [-0.15, -0.1) is 0 Å². The van der Waals surface area contributed by atoms with Crippen LogP contribution in [0.2, 0.25) is 0 Å². The summed E-state index contributed by atoms with van der Waals surface area (Å²) < 4.78 is 0. The van der Waals surface area contributed by atoms with Crippen LogP contribution in [0.15, 0.2) is 48.5 Å². The van der Waals surface area contributed by atoms with Crippen molar-refractivity contribution in [2.75, 3.05) is 0 Å². The second kappa shape index (κ2) is 6.10. The monoisotopic (exact) mass is 280 g/mol. The maximum Gasteiger partial charge on any atom is 0.251 e. The highest BCUT2D eigenvalue weighted by Crippen LogP contribution is 2.21. The number of hydrogen-bond donors (Lipinski definition) is 2. The quantitative estimate of drug-likeness (QED) is 0.907. The van der Waals surface area contributed by atoms with Gasteiger partial charge in [0.1, 0.15) is 0 Å². The molecule has 0 spiro atoms. The Balaban J connectivity index is 1.68. The molecule has 0 fully saturated rings. The molecule has 2 aromatic carbocycles. The van der Waals surface area contributed by atoms with E-state index in [0.717, 1.165) is 24.8 Å². The van der Waals surface area contributed by atoms with Crippen molar-refractivity contribution in [2.45, 2.75) is 31.8 Å². The Kier molecular flexibility index (Phi) is 4.02. The second-order valence-electron chi connectivity index (χ2n) is 5.59. The molecule has 3 heteroatoms. The number of amides is 1. The van der Waals surface area contributed by atoms with Gasteiger partial charge in [0.2, 0.25) is 0 Å². The van der Waals surface area contributed by atoms with Gasteiger partial charge in [-0.3, -0.25) is 4.79 Å². The Morgan fingerprint density at radius 2 is 1.95 bits per heavy atom. The molecule has 1 aliphatic rings. The average Bonchev–Trinajstić information content (AvgIpc) is 2.54. The summed E-state index contributed by atoms with van der Waals surface area (Å²) in [5, 5.41) is 3.15. The normalized spacial score (nSPS) is 17.1. The SMILES string of the molecule is NCc1cccc(C(=O)NC2CCc3ccccc3C2)c1. The fraction of sp³-hybridized carbons (Fsp3) is 0.278. The molecule has 1 unspecified atom stereocenters. The highest BCUT2D eigenvalue weighted by atomic mass is 16.1. The molecule has 0 aromatic heterocycles. The third-order valence-electron chi connectivity index (χ3n) is 4.11. The minimum absolute atomic E-state index is 0.00492. The van der Waals surface area contributed by atoms with Crippen molar-refractivity contribution in [2.24, 2.45) is 5.73 Å². The first-order valence-electron chi connectivity index (χ1n) is 7.43. The van der Waals surface area contributed by atoms with E-state index >= 15 is 0 Å². The second-order valence-corrected chi connectivity index (χ2v) is 5.59. The molecule has 1 amide bonds. The first-order valence-corrected chi connectivity index (χ1v) is 7.43. The van der Waals surface area contributed by atoms with E-state index in [2.05, 4.69) is 29.6 Å². The van der Waals surface area contributed by atoms with Crippen LogP contribution in [-0.4, -0.2) is 11.9 Å². The number of aryl methyl sites for hydroxylation is 1. The van der Waals surface area contributed by atoms with Gasteiger partial charge in [-0.25, -0.2) is 0 Å². The van der Waals surface area contributed by atoms with Crippen molar-refractivity contribution in [1.29, 1.82) is 0 Å². The molecule has 1 atom stereocenters. The largest absolute Gasteiger partial charge is 0.349 e. The summed E-state index contributed by atoms with van der Waals surface area (Å²) in [6.45, 7) is 0.456. The molecule has 21 heavy (non-hydrogen) atoms. The number of nitrogens with two attached hydrogens (primary N) is 1. The Morgan fingerprint density at radius 1 is 1.14 bits per heavy atom. The van der Waals surface area contributed by atoms with E-state index in [9.17, 15) is 4.79 Å². The highest BCUT2D eigenvalue weighted by molar-refractivity contribution is 5.94.